The smallest absolute Gasteiger partial charge is 0.267 e. The first-order chi connectivity index (χ1) is 30.3. The average molecular weight is 1020 g/mol. The van der Waals surface area contributed by atoms with Gasteiger partial charge in [0.15, 0.2) is 0 Å². The molecule has 4 aliphatic carbocycles. The molecule has 0 amide bonds. The molecular weight excluding hydrogens is 949 g/mol. The van der Waals surface area contributed by atoms with Crippen LogP contribution >= 0.6 is 18.5 Å². The fourth-order valence-corrected chi connectivity index (χ4v) is 20.3. The predicted octanol–water partition coefficient (Wildman–Crippen LogP) is 9.90. The zero-order valence-electron chi connectivity index (χ0n) is 38.2. The highest BCUT2D eigenvalue weighted by molar-refractivity contribution is 7.87. The van der Waals surface area contributed by atoms with Crippen molar-refractivity contribution in [2.45, 2.75) is 162 Å². The van der Waals surface area contributed by atoms with E-state index in [4.69, 9.17) is 0 Å². The van der Waals surface area contributed by atoms with Crippen LogP contribution in [-0.2, 0) is 50.8 Å². The van der Waals surface area contributed by atoms with Gasteiger partial charge in [-0.1, -0.05) is 89.8 Å². The lowest BCUT2D eigenvalue weighted by atomic mass is 9.63. The molecule has 65 heavy (non-hydrogen) atoms. The van der Waals surface area contributed by atoms with E-state index in [0.717, 1.165) is 22.5 Å². The minimum absolute atomic E-state index is 0.0798. The molecular formula is C46H73NO12P2S4. The predicted molar refractivity (Wildman–Crippen MR) is 265 cm³/mol. The minimum Gasteiger partial charge on any atom is -0.355 e. The van der Waals surface area contributed by atoms with Crippen LogP contribution in [0.5, 0.6) is 0 Å². The number of nitrogens with one attached hydrogen (secondary N) is 1. The minimum atomic E-state index is -4.27. The monoisotopic (exact) mass is 1020 g/mol. The molecule has 19 heteroatoms. The van der Waals surface area contributed by atoms with E-state index in [0.29, 0.717) is 103 Å². The van der Waals surface area contributed by atoms with Gasteiger partial charge in [0.05, 0.1) is 21.0 Å². The molecule has 4 fully saturated rings. The van der Waals surface area contributed by atoms with Gasteiger partial charge in [-0.05, 0) is 148 Å². The van der Waals surface area contributed by atoms with Crippen LogP contribution in [0.1, 0.15) is 142 Å². The second kappa shape index (κ2) is 20.6. The maximum Gasteiger partial charge on any atom is 0.267 e. The lowest BCUT2D eigenvalue weighted by molar-refractivity contribution is 0.140. The van der Waals surface area contributed by atoms with Crippen LogP contribution in [0.4, 0.5) is 11.4 Å². The maximum atomic E-state index is 12.5. The lowest BCUT2D eigenvalue weighted by Crippen LogP contribution is -2.44. The van der Waals surface area contributed by atoms with Crippen LogP contribution in [0.2, 0.25) is 0 Å². The van der Waals surface area contributed by atoms with Gasteiger partial charge in [-0.15, -0.1) is 18.5 Å². The van der Waals surface area contributed by atoms with Crippen molar-refractivity contribution in [3.63, 3.8) is 0 Å². The van der Waals surface area contributed by atoms with Crippen molar-refractivity contribution in [1.82, 2.24) is 0 Å². The van der Waals surface area contributed by atoms with Crippen LogP contribution in [0.25, 0.3) is 0 Å². The Morgan fingerprint density at radius 3 is 0.892 bits per heavy atom. The van der Waals surface area contributed by atoms with Gasteiger partial charge in [0.1, 0.15) is 0 Å². The van der Waals surface area contributed by atoms with Gasteiger partial charge in [0.25, 0.3) is 40.5 Å². The van der Waals surface area contributed by atoms with Crippen molar-refractivity contribution < 1.29 is 51.9 Å². The van der Waals surface area contributed by atoms with Crippen molar-refractivity contribution in [2.75, 3.05) is 5.32 Å². The molecule has 368 valence electrons. The van der Waals surface area contributed by atoms with Crippen molar-refractivity contribution in [1.29, 1.82) is 0 Å². The molecule has 0 saturated heterocycles. The highest BCUT2D eigenvalue weighted by Gasteiger charge is 2.54. The summed E-state index contributed by atoms with van der Waals surface area (Å²) < 4.78 is 141. The molecule has 13 nitrogen and oxygen atoms in total. The van der Waals surface area contributed by atoms with Crippen LogP contribution < -0.4 is 5.32 Å². The molecule has 0 aliphatic heterocycles. The number of benzene rings is 2. The van der Waals surface area contributed by atoms with Gasteiger partial charge < -0.3 is 5.32 Å². The van der Waals surface area contributed by atoms with Crippen LogP contribution in [-0.4, -0.2) is 72.9 Å². The standard InChI is InChI=1S/C46H73NO12P2S4/c1-5-37(29-17-21-33(25-29)62(48,49)50)45(60,38(6-2)30-18-22-34(26-30)63(51,52)53)41-13-9-11-15-43(41)47-44-16-12-10-14-42(44)46(61,39(7-3)31-19-23-35(27-31)64(54,55)56)40(8-4)32-20-24-36(28-32)65(57,58)59/h9-16,29-40,47H,5-8,17-28,60-61H2,1-4H3,(H,48,49,50)(H,51,52,53)(H,54,55,56)(H,57,58,59). The summed E-state index contributed by atoms with van der Waals surface area (Å²) in [5.41, 5.74) is 3.51. The quantitative estimate of drug-likeness (QED) is 0.0615. The number of hydrogen-bond donors (Lipinski definition) is 5. The molecule has 0 heterocycles. The molecule has 14 atom stereocenters. The summed E-state index contributed by atoms with van der Waals surface area (Å²) in [6.45, 7) is 8.40. The zero-order valence-corrected chi connectivity index (χ0v) is 43.8. The van der Waals surface area contributed by atoms with E-state index < -0.39 is 71.8 Å². The Morgan fingerprint density at radius 1 is 0.462 bits per heavy atom. The molecule has 14 unspecified atom stereocenters. The van der Waals surface area contributed by atoms with Crippen LogP contribution in [0, 0.1) is 47.3 Å². The van der Waals surface area contributed by atoms with Gasteiger partial charge in [0, 0.05) is 21.7 Å². The fraction of sp³-hybridized carbons (Fsp3) is 0.739. The SMILES string of the molecule is CCC(C1CCC(S(=O)(=O)O)C1)C(P)(c1ccccc1Nc1ccccc1C(P)(C(CC)C1CCC(S(=O)(=O)O)C1)C(CC)C1CCC(S(=O)(=O)O)C1)C(CC)C1CCC(S(=O)(=O)O)C1. The Balaban J connectivity index is 1.51. The normalized spacial score (nSPS) is 30.6. The van der Waals surface area contributed by atoms with E-state index in [1.165, 1.54) is 0 Å². The molecule has 0 bridgehead atoms. The first kappa shape index (κ1) is 53.1. The van der Waals surface area contributed by atoms with Gasteiger partial charge in [-0.3, -0.25) is 18.2 Å². The second-order valence-electron chi connectivity index (χ2n) is 20.0. The largest absolute Gasteiger partial charge is 0.355 e. The van der Waals surface area contributed by atoms with E-state index in [9.17, 15) is 51.9 Å². The summed E-state index contributed by atoms with van der Waals surface area (Å²) >= 11 is 0. The highest BCUT2D eigenvalue weighted by atomic mass is 32.2. The number of rotatable bonds is 20. The van der Waals surface area contributed by atoms with Crippen molar-refractivity contribution in [3.05, 3.63) is 59.7 Å². The van der Waals surface area contributed by atoms with E-state index in [-0.39, 0.29) is 47.3 Å². The van der Waals surface area contributed by atoms with Crippen LogP contribution in [0.15, 0.2) is 48.5 Å². The Bertz CT molecular complexity index is 2150. The van der Waals surface area contributed by atoms with Gasteiger partial charge in [-0.2, -0.15) is 33.7 Å². The molecule has 2 aromatic carbocycles. The summed E-state index contributed by atoms with van der Waals surface area (Å²) in [5, 5.41) is -1.08. The number of anilines is 2. The summed E-state index contributed by atoms with van der Waals surface area (Å²) in [6, 6.07) is 16.1. The molecule has 0 spiro atoms. The molecule has 2 aromatic rings. The average Bonchev–Trinajstić information content (AvgIpc) is 4.07. The molecule has 0 aromatic heterocycles. The first-order valence-electron chi connectivity index (χ1n) is 23.7. The third-order valence-corrected chi connectivity index (χ3v) is 24.3. The second-order valence-corrected chi connectivity index (χ2v) is 28.7. The van der Waals surface area contributed by atoms with E-state index >= 15 is 0 Å². The summed E-state index contributed by atoms with van der Waals surface area (Å²) in [5.74, 6) is -0.770. The first-order valence-corrected chi connectivity index (χ1v) is 30.9. The fourth-order valence-electron chi connectivity index (χ4n) is 14.1. The topological polar surface area (TPSA) is 230 Å². The maximum absolute atomic E-state index is 12.5. The summed E-state index contributed by atoms with van der Waals surface area (Å²) in [7, 11) is -10.7. The molecule has 0 radical (unpaired) electrons. The Morgan fingerprint density at radius 2 is 0.692 bits per heavy atom. The lowest BCUT2D eigenvalue weighted by Gasteiger charge is -2.50. The van der Waals surface area contributed by atoms with Gasteiger partial charge in [0.2, 0.25) is 0 Å². The molecule has 4 saturated carbocycles. The number of para-hydroxylation sites is 2. The summed E-state index contributed by atoms with van der Waals surface area (Å²) in [6.07, 6.45) is 7.61. The van der Waals surface area contributed by atoms with Gasteiger partial charge >= 0.3 is 0 Å². The molecule has 6 rings (SSSR count). The third-order valence-electron chi connectivity index (χ3n) is 16.9. The van der Waals surface area contributed by atoms with Crippen molar-refractivity contribution in [2.24, 2.45) is 47.3 Å². The van der Waals surface area contributed by atoms with E-state index in [1.54, 1.807) is 0 Å². The molecule has 4 aliphatic rings. The Labute approximate surface area is 394 Å². The summed E-state index contributed by atoms with van der Waals surface area (Å²) in [4.78, 5) is 0. The van der Waals surface area contributed by atoms with Crippen LogP contribution in [0.3, 0.4) is 0 Å². The van der Waals surface area contributed by atoms with Gasteiger partial charge in [-0.25, -0.2) is 0 Å². The number of hydrogen-bond acceptors (Lipinski definition) is 9. The van der Waals surface area contributed by atoms with E-state index in [2.05, 4.69) is 63.6 Å². The third kappa shape index (κ3) is 11.0. The van der Waals surface area contributed by atoms with Crippen molar-refractivity contribution >= 4 is 70.3 Å². The zero-order chi connectivity index (χ0) is 47.9. The Kier molecular flexibility index (Phi) is 16.8. The molecule has 5 N–H and O–H groups in total. The van der Waals surface area contributed by atoms with E-state index in [1.807, 2.05) is 36.4 Å². The Hall–Kier alpha value is -1.26. The highest BCUT2D eigenvalue weighted by Crippen LogP contribution is 2.62. The van der Waals surface area contributed by atoms with Crippen molar-refractivity contribution in [3.8, 4) is 0 Å².